The van der Waals surface area contributed by atoms with Crippen molar-refractivity contribution in [3.8, 4) is 11.5 Å². The van der Waals surface area contributed by atoms with E-state index in [1.54, 1.807) is 11.1 Å². The number of aryl methyl sites for hydroxylation is 2. The van der Waals surface area contributed by atoms with Gasteiger partial charge in [-0.3, -0.25) is 0 Å². The fraction of sp³-hybridized carbons (Fsp3) is 0.571. The van der Waals surface area contributed by atoms with Crippen LogP contribution in [0.15, 0.2) is 12.1 Å². The molecule has 0 unspecified atom stereocenters. The van der Waals surface area contributed by atoms with E-state index < -0.39 is 0 Å². The quantitative estimate of drug-likeness (QED) is 0.397. The molecule has 29 heavy (non-hydrogen) atoms. The molecule has 0 aliphatic carbocycles. The van der Waals surface area contributed by atoms with Crippen molar-refractivity contribution >= 4 is 0 Å². The Morgan fingerprint density at radius 2 is 0.724 bits per heavy atom. The molecule has 0 radical (unpaired) electrons. The number of hydrogen-bond donors (Lipinski definition) is 0. The third-order valence-electron chi connectivity index (χ3n) is 6.54. The van der Waals surface area contributed by atoms with Crippen molar-refractivity contribution < 1.29 is 4.74 Å². The van der Waals surface area contributed by atoms with Crippen molar-refractivity contribution in [2.24, 2.45) is 0 Å². The molecular weight excluding hydrogens is 352 g/mol. The summed E-state index contributed by atoms with van der Waals surface area (Å²) in [5.74, 6) is 2.17. The normalized spacial score (nSPS) is 11.2. The van der Waals surface area contributed by atoms with Crippen LogP contribution in [-0.2, 0) is 51.4 Å². The maximum absolute atomic E-state index is 6.79. The molecule has 0 saturated heterocycles. The molecule has 0 spiro atoms. The third-order valence-corrected chi connectivity index (χ3v) is 6.54. The summed E-state index contributed by atoms with van der Waals surface area (Å²) in [4.78, 5) is 0. The van der Waals surface area contributed by atoms with Crippen LogP contribution in [-0.4, -0.2) is 0 Å². The Labute approximate surface area is 179 Å². The van der Waals surface area contributed by atoms with Gasteiger partial charge in [0, 0.05) is 0 Å². The van der Waals surface area contributed by atoms with Crippen LogP contribution in [0.2, 0.25) is 0 Å². The van der Waals surface area contributed by atoms with E-state index in [-0.39, 0.29) is 0 Å². The van der Waals surface area contributed by atoms with Crippen molar-refractivity contribution in [2.75, 3.05) is 0 Å². The van der Waals surface area contributed by atoms with E-state index in [9.17, 15) is 0 Å². The number of rotatable bonds is 10. The zero-order chi connectivity index (χ0) is 21.6. The summed E-state index contributed by atoms with van der Waals surface area (Å²) in [6.45, 7) is 18.2. The maximum Gasteiger partial charge on any atom is 0.131 e. The lowest BCUT2D eigenvalue weighted by Gasteiger charge is -2.24. The Kier molecular flexibility index (Phi) is 8.80. The van der Waals surface area contributed by atoms with Crippen LogP contribution in [0.25, 0.3) is 0 Å². The first kappa shape index (κ1) is 23.5. The predicted octanol–water partition coefficient (Wildman–Crippen LogP) is 7.98. The second-order valence-corrected chi connectivity index (χ2v) is 7.87. The molecule has 0 heterocycles. The zero-order valence-corrected chi connectivity index (χ0v) is 20.2. The summed E-state index contributed by atoms with van der Waals surface area (Å²) >= 11 is 0. The van der Waals surface area contributed by atoms with Crippen LogP contribution in [0.5, 0.6) is 11.5 Å². The van der Waals surface area contributed by atoms with Gasteiger partial charge >= 0.3 is 0 Å². The number of hydrogen-bond acceptors (Lipinski definition) is 1. The lowest BCUT2D eigenvalue weighted by Crippen LogP contribution is -2.08. The molecule has 0 bridgehead atoms. The molecule has 1 heteroatoms. The first-order valence-corrected chi connectivity index (χ1v) is 12.0. The molecule has 0 saturated carbocycles. The van der Waals surface area contributed by atoms with Gasteiger partial charge in [0.15, 0.2) is 0 Å². The average molecular weight is 395 g/mol. The van der Waals surface area contributed by atoms with Crippen molar-refractivity contribution in [2.45, 2.75) is 107 Å². The summed E-state index contributed by atoms with van der Waals surface area (Å²) in [7, 11) is 0. The van der Waals surface area contributed by atoms with Crippen molar-refractivity contribution in [1.29, 1.82) is 0 Å². The summed E-state index contributed by atoms with van der Waals surface area (Å²) in [6, 6.07) is 4.67. The molecule has 2 rings (SSSR count). The van der Waals surface area contributed by atoms with E-state index in [0.717, 1.165) is 62.9 Å². The smallest absolute Gasteiger partial charge is 0.131 e. The Morgan fingerprint density at radius 1 is 0.414 bits per heavy atom. The molecule has 0 aliphatic rings. The van der Waals surface area contributed by atoms with Crippen LogP contribution in [0.1, 0.15) is 99.9 Å². The minimum atomic E-state index is 1.02. The molecule has 0 aromatic heterocycles. The molecular formula is C28H42O. The fourth-order valence-corrected chi connectivity index (χ4v) is 5.16. The van der Waals surface area contributed by atoms with Crippen molar-refractivity contribution in [3.05, 3.63) is 56.6 Å². The number of benzene rings is 2. The van der Waals surface area contributed by atoms with Crippen molar-refractivity contribution in [3.63, 3.8) is 0 Å². The molecule has 2 aromatic rings. The van der Waals surface area contributed by atoms with E-state index in [0.29, 0.717) is 0 Å². The van der Waals surface area contributed by atoms with Gasteiger partial charge in [-0.2, -0.15) is 0 Å². The molecule has 160 valence electrons. The predicted molar refractivity (Wildman–Crippen MR) is 128 cm³/mol. The summed E-state index contributed by atoms with van der Waals surface area (Å²) in [6.07, 6.45) is 8.52. The molecule has 2 aromatic carbocycles. The van der Waals surface area contributed by atoms with Gasteiger partial charge in [0.1, 0.15) is 11.5 Å². The SMILES string of the molecule is CCc1cc(Oc2cc(CC)c(CC)c(CC)c2CC)c(CC)c(CC)c1CC. The Bertz CT molecular complexity index is 760. The van der Waals surface area contributed by atoms with Gasteiger partial charge in [-0.15, -0.1) is 0 Å². The first-order valence-electron chi connectivity index (χ1n) is 12.0. The summed E-state index contributed by atoms with van der Waals surface area (Å²) < 4.78 is 6.79. The van der Waals surface area contributed by atoms with Crippen LogP contribution >= 0.6 is 0 Å². The summed E-state index contributed by atoms with van der Waals surface area (Å²) in [5, 5.41) is 0. The average Bonchev–Trinajstić information content (AvgIpc) is 2.76. The monoisotopic (exact) mass is 394 g/mol. The van der Waals surface area contributed by atoms with Crippen LogP contribution in [0.4, 0.5) is 0 Å². The molecule has 1 nitrogen and oxygen atoms in total. The molecule has 0 N–H and O–H groups in total. The number of ether oxygens (including phenoxy) is 1. The molecule has 0 aliphatic heterocycles. The van der Waals surface area contributed by atoms with Gasteiger partial charge in [-0.1, -0.05) is 55.4 Å². The fourth-order valence-electron chi connectivity index (χ4n) is 5.16. The Morgan fingerprint density at radius 3 is 0.966 bits per heavy atom. The highest BCUT2D eigenvalue weighted by atomic mass is 16.5. The van der Waals surface area contributed by atoms with Gasteiger partial charge in [0.25, 0.3) is 0 Å². The zero-order valence-electron chi connectivity index (χ0n) is 20.2. The lowest BCUT2D eigenvalue weighted by molar-refractivity contribution is 0.467. The van der Waals surface area contributed by atoms with Gasteiger partial charge in [0.2, 0.25) is 0 Å². The van der Waals surface area contributed by atoms with E-state index in [1.807, 2.05) is 0 Å². The minimum Gasteiger partial charge on any atom is -0.457 e. The largest absolute Gasteiger partial charge is 0.457 e. The first-order chi connectivity index (χ1) is 14.0. The molecule has 0 fully saturated rings. The van der Waals surface area contributed by atoms with E-state index in [2.05, 4.69) is 67.5 Å². The van der Waals surface area contributed by atoms with Crippen molar-refractivity contribution in [1.82, 2.24) is 0 Å². The third kappa shape index (κ3) is 4.55. The van der Waals surface area contributed by atoms with Gasteiger partial charge in [-0.05, 0) is 108 Å². The molecule has 0 amide bonds. The van der Waals surface area contributed by atoms with E-state index >= 15 is 0 Å². The highest BCUT2D eigenvalue weighted by Crippen LogP contribution is 2.38. The second-order valence-electron chi connectivity index (χ2n) is 7.87. The van der Waals surface area contributed by atoms with E-state index in [4.69, 9.17) is 4.74 Å². The summed E-state index contributed by atoms with van der Waals surface area (Å²) in [5.41, 5.74) is 11.8. The van der Waals surface area contributed by atoms with Gasteiger partial charge in [-0.25, -0.2) is 0 Å². The lowest BCUT2D eigenvalue weighted by atomic mass is 9.88. The highest BCUT2D eigenvalue weighted by molar-refractivity contribution is 5.55. The van der Waals surface area contributed by atoms with E-state index in [1.165, 1.54) is 33.4 Å². The van der Waals surface area contributed by atoms with Gasteiger partial charge in [0.05, 0.1) is 0 Å². The topological polar surface area (TPSA) is 9.23 Å². The minimum absolute atomic E-state index is 1.02. The maximum atomic E-state index is 6.79. The molecule has 0 atom stereocenters. The Hall–Kier alpha value is -1.76. The van der Waals surface area contributed by atoms with Gasteiger partial charge < -0.3 is 4.74 Å². The standard InChI is InChI=1S/C28H42O/c1-9-19-17-27(25(15-7)23(13-5)21(19)11-3)29-28-18-20(10-2)22(12-4)24(14-6)26(28)16-8/h17-18H,9-16H2,1-8H3. The van der Waals surface area contributed by atoms with Crippen LogP contribution < -0.4 is 4.74 Å². The van der Waals surface area contributed by atoms with Crippen LogP contribution in [0, 0.1) is 0 Å². The Balaban J connectivity index is 2.73. The highest BCUT2D eigenvalue weighted by Gasteiger charge is 2.19. The van der Waals surface area contributed by atoms with Crippen LogP contribution in [0.3, 0.4) is 0 Å². The second kappa shape index (κ2) is 10.9.